The standard InChI is InChI=1S/C14H18N2OS/c1-3-16-8-7-15-14(16)10-18-13-6-4-5-12(9-13)11(2)17/h4-9,11,17H,3,10H2,1-2H3. The Hall–Kier alpha value is -1.26. The van der Waals surface area contributed by atoms with Crippen molar-refractivity contribution >= 4 is 11.8 Å². The van der Waals surface area contributed by atoms with Crippen LogP contribution in [0.15, 0.2) is 41.6 Å². The Morgan fingerprint density at radius 1 is 1.44 bits per heavy atom. The molecule has 3 nitrogen and oxygen atoms in total. The van der Waals surface area contributed by atoms with Gasteiger partial charge in [-0.2, -0.15) is 0 Å². The van der Waals surface area contributed by atoms with Crippen molar-refractivity contribution in [3.05, 3.63) is 48.0 Å². The molecule has 0 saturated heterocycles. The van der Waals surface area contributed by atoms with Crippen LogP contribution < -0.4 is 0 Å². The van der Waals surface area contributed by atoms with Crippen molar-refractivity contribution in [1.82, 2.24) is 9.55 Å². The number of aromatic nitrogens is 2. The van der Waals surface area contributed by atoms with Crippen LogP contribution in [0.1, 0.15) is 31.3 Å². The van der Waals surface area contributed by atoms with E-state index in [9.17, 15) is 5.11 Å². The molecule has 18 heavy (non-hydrogen) atoms. The number of rotatable bonds is 5. The second-order valence-electron chi connectivity index (χ2n) is 4.17. The highest BCUT2D eigenvalue weighted by Gasteiger charge is 2.05. The average molecular weight is 262 g/mol. The van der Waals surface area contributed by atoms with Gasteiger partial charge in [0.2, 0.25) is 0 Å². The lowest BCUT2D eigenvalue weighted by Crippen LogP contribution is -1.99. The van der Waals surface area contributed by atoms with Gasteiger partial charge >= 0.3 is 0 Å². The van der Waals surface area contributed by atoms with Crippen molar-refractivity contribution in [2.75, 3.05) is 0 Å². The molecule has 4 heteroatoms. The Labute approximate surface area is 112 Å². The number of aliphatic hydroxyl groups is 1. The fourth-order valence-corrected chi connectivity index (χ4v) is 2.71. The van der Waals surface area contributed by atoms with Gasteiger partial charge in [0.05, 0.1) is 11.9 Å². The van der Waals surface area contributed by atoms with Crippen LogP contribution in [0.25, 0.3) is 0 Å². The summed E-state index contributed by atoms with van der Waals surface area (Å²) in [6.45, 7) is 4.85. The first-order valence-electron chi connectivity index (χ1n) is 6.11. The molecule has 0 saturated carbocycles. The highest BCUT2D eigenvalue weighted by molar-refractivity contribution is 7.98. The van der Waals surface area contributed by atoms with E-state index in [0.717, 1.165) is 23.7 Å². The SMILES string of the molecule is CCn1ccnc1CSc1cccc(C(C)O)c1. The zero-order valence-corrected chi connectivity index (χ0v) is 11.5. The number of aryl methyl sites for hydroxylation is 1. The van der Waals surface area contributed by atoms with E-state index >= 15 is 0 Å². The Balaban J connectivity index is 2.04. The number of benzene rings is 1. The topological polar surface area (TPSA) is 38.0 Å². The molecule has 1 unspecified atom stereocenters. The van der Waals surface area contributed by atoms with E-state index in [1.54, 1.807) is 18.7 Å². The number of nitrogens with zero attached hydrogens (tertiary/aromatic N) is 2. The molecule has 1 heterocycles. The van der Waals surface area contributed by atoms with Gasteiger partial charge in [-0.25, -0.2) is 4.98 Å². The van der Waals surface area contributed by atoms with Crippen LogP contribution in [0, 0.1) is 0 Å². The summed E-state index contributed by atoms with van der Waals surface area (Å²) in [5, 5.41) is 9.56. The summed E-state index contributed by atoms with van der Waals surface area (Å²) in [4.78, 5) is 5.52. The first-order chi connectivity index (χ1) is 8.70. The van der Waals surface area contributed by atoms with Gasteiger partial charge in [0.15, 0.2) is 0 Å². The summed E-state index contributed by atoms with van der Waals surface area (Å²) < 4.78 is 2.14. The summed E-state index contributed by atoms with van der Waals surface area (Å²) in [5.41, 5.74) is 0.957. The van der Waals surface area contributed by atoms with E-state index in [2.05, 4.69) is 22.5 Å². The van der Waals surface area contributed by atoms with Gasteiger partial charge in [-0.15, -0.1) is 11.8 Å². The molecule has 0 radical (unpaired) electrons. The normalized spacial score (nSPS) is 12.6. The van der Waals surface area contributed by atoms with Crippen LogP contribution in [-0.2, 0) is 12.3 Å². The molecule has 1 N–H and O–H groups in total. The number of imidazole rings is 1. The Morgan fingerprint density at radius 2 is 2.28 bits per heavy atom. The molecule has 0 fully saturated rings. The summed E-state index contributed by atoms with van der Waals surface area (Å²) in [5.74, 6) is 1.94. The van der Waals surface area contributed by atoms with E-state index in [0.29, 0.717) is 0 Å². The van der Waals surface area contributed by atoms with E-state index in [1.165, 1.54) is 4.90 Å². The Bertz CT molecular complexity index is 508. The number of hydrogen-bond acceptors (Lipinski definition) is 3. The maximum atomic E-state index is 9.56. The van der Waals surface area contributed by atoms with Gasteiger partial charge in [0.1, 0.15) is 5.82 Å². The average Bonchev–Trinajstić information content (AvgIpc) is 2.84. The monoisotopic (exact) mass is 262 g/mol. The number of hydrogen-bond donors (Lipinski definition) is 1. The highest BCUT2D eigenvalue weighted by Crippen LogP contribution is 2.25. The van der Waals surface area contributed by atoms with Crippen LogP contribution in [0.2, 0.25) is 0 Å². The van der Waals surface area contributed by atoms with Crippen molar-refractivity contribution in [1.29, 1.82) is 0 Å². The molecule has 1 aromatic heterocycles. The Morgan fingerprint density at radius 3 is 3.00 bits per heavy atom. The van der Waals surface area contributed by atoms with Crippen LogP contribution in [-0.4, -0.2) is 14.7 Å². The quantitative estimate of drug-likeness (QED) is 0.841. The predicted octanol–water partition coefficient (Wildman–Crippen LogP) is 3.25. The predicted molar refractivity (Wildman–Crippen MR) is 74.5 cm³/mol. The second-order valence-corrected chi connectivity index (χ2v) is 5.22. The van der Waals surface area contributed by atoms with E-state index < -0.39 is 6.10 Å². The smallest absolute Gasteiger partial charge is 0.119 e. The molecule has 0 amide bonds. The van der Waals surface area contributed by atoms with Gasteiger partial charge in [0.25, 0.3) is 0 Å². The summed E-state index contributed by atoms with van der Waals surface area (Å²) in [6.07, 6.45) is 3.43. The van der Waals surface area contributed by atoms with E-state index in [4.69, 9.17) is 0 Å². The summed E-state index contributed by atoms with van der Waals surface area (Å²) in [7, 11) is 0. The minimum Gasteiger partial charge on any atom is -0.389 e. The van der Waals surface area contributed by atoms with Crippen molar-refractivity contribution in [3.63, 3.8) is 0 Å². The van der Waals surface area contributed by atoms with Crippen molar-refractivity contribution in [2.24, 2.45) is 0 Å². The van der Waals surface area contributed by atoms with Gasteiger partial charge in [-0.05, 0) is 31.5 Å². The van der Waals surface area contributed by atoms with E-state index in [1.807, 2.05) is 30.6 Å². The molecule has 0 spiro atoms. The summed E-state index contributed by atoms with van der Waals surface area (Å²) >= 11 is 1.74. The minimum absolute atomic E-state index is 0.414. The first kappa shape index (κ1) is 13.2. The highest BCUT2D eigenvalue weighted by atomic mass is 32.2. The van der Waals surface area contributed by atoms with Gasteiger partial charge in [-0.3, -0.25) is 0 Å². The van der Waals surface area contributed by atoms with Gasteiger partial charge < -0.3 is 9.67 Å². The lowest BCUT2D eigenvalue weighted by atomic mass is 10.1. The zero-order valence-electron chi connectivity index (χ0n) is 10.7. The number of aliphatic hydroxyl groups excluding tert-OH is 1. The second kappa shape index (κ2) is 6.07. The maximum Gasteiger partial charge on any atom is 0.119 e. The van der Waals surface area contributed by atoms with Crippen molar-refractivity contribution < 1.29 is 5.11 Å². The lowest BCUT2D eigenvalue weighted by molar-refractivity contribution is 0.199. The fraction of sp³-hybridized carbons (Fsp3) is 0.357. The molecule has 96 valence electrons. The van der Waals surface area contributed by atoms with E-state index in [-0.39, 0.29) is 0 Å². The lowest BCUT2D eigenvalue weighted by Gasteiger charge is -2.08. The molecule has 0 aliphatic heterocycles. The third-order valence-corrected chi connectivity index (χ3v) is 3.84. The fourth-order valence-electron chi connectivity index (χ4n) is 1.78. The maximum absolute atomic E-state index is 9.56. The largest absolute Gasteiger partial charge is 0.389 e. The molecule has 0 bridgehead atoms. The molecule has 0 aliphatic rings. The third kappa shape index (κ3) is 3.15. The van der Waals surface area contributed by atoms with Crippen molar-refractivity contribution in [2.45, 2.75) is 37.1 Å². The number of thioether (sulfide) groups is 1. The molecular weight excluding hydrogens is 244 g/mol. The molecule has 0 aliphatic carbocycles. The van der Waals surface area contributed by atoms with Gasteiger partial charge in [0, 0.05) is 23.8 Å². The zero-order chi connectivity index (χ0) is 13.0. The Kier molecular flexibility index (Phi) is 4.44. The van der Waals surface area contributed by atoms with Gasteiger partial charge in [-0.1, -0.05) is 12.1 Å². The molecule has 1 atom stereocenters. The molecule has 2 aromatic rings. The van der Waals surface area contributed by atoms with Crippen molar-refractivity contribution in [3.8, 4) is 0 Å². The minimum atomic E-state index is -0.414. The van der Waals surface area contributed by atoms with Crippen LogP contribution >= 0.6 is 11.8 Å². The van der Waals surface area contributed by atoms with Crippen LogP contribution in [0.5, 0.6) is 0 Å². The van der Waals surface area contributed by atoms with Crippen LogP contribution in [0.3, 0.4) is 0 Å². The summed E-state index contributed by atoms with van der Waals surface area (Å²) in [6, 6.07) is 8.03. The molecule has 2 rings (SSSR count). The van der Waals surface area contributed by atoms with Crippen LogP contribution in [0.4, 0.5) is 0 Å². The first-order valence-corrected chi connectivity index (χ1v) is 7.10. The third-order valence-electron chi connectivity index (χ3n) is 2.85. The molecular formula is C14H18N2OS. The molecule has 1 aromatic carbocycles.